The van der Waals surface area contributed by atoms with Crippen LogP contribution in [-0.2, 0) is 9.47 Å². The van der Waals surface area contributed by atoms with E-state index in [0.717, 1.165) is 36.2 Å². The third kappa shape index (κ3) is 3.80. The zero-order valence-electron chi connectivity index (χ0n) is 14.8. The molecule has 0 saturated carbocycles. The average molecular weight is 396 g/mol. The minimum absolute atomic E-state index is 0.336. The Morgan fingerprint density at radius 3 is 2.27 bits per heavy atom. The summed E-state index contributed by atoms with van der Waals surface area (Å²) in [5, 5.41) is 1.65. The van der Waals surface area contributed by atoms with Gasteiger partial charge in [-0.1, -0.05) is 22.7 Å². The highest BCUT2D eigenvalue weighted by molar-refractivity contribution is 7.17. The number of nitrogens with zero attached hydrogens (tertiary/aromatic N) is 4. The van der Waals surface area contributed by atoms with Gasteiger partial charge < -0.3 is 19.3 Å². The number of hydrogen-bond donors (Lipinski definition) is 0. The second-order valence-corrected chi connectivity index (χ2v) is 7.84. The van der Waals surface area contributed by atoms with E-state index in [1.54, 1.807) is 12.4 Å². The Hall–Kier alpha value is -2.20. The average Bonchev–Trinajstić information content (AvgIpc) is 3.36. The first kappa shape index (κ1) is 18.6. The van der Waals surface area contributed by atoms with Crippen LogP contribution in [-0.4, -0.2) is 62.3 Å². The maximum absolute atomic E-state index is 11.6. The largest absolute Gasteiger partial charge is 0.465 e. The molecule has 1 aliphatic heterocycles. The van der Waals surface area contributed by atoms with Crippen LogP contribution in [0.3, 0.4) is 0 Å². The molecule has 26 heavy (non-hydrogen) atoms. The molecule has 0 amide bonds. The van der Waals surface area contributed by atoms with Gasteiger partial charge in [0.1, 0.15) is 9.75 Å². The van der Waals surface area contributed by atoms with Crippen LogP contribution in [0.2, 0.25) is 0 Å². The zero-order chi connectivity index (χ0) is 18.7. The van der Waals surface area contributed by atoms with Crippen LogP contribution in [0.15, 0.2) is 12.4 Å². The molecule has 3 rings (SSSR count). The molecule has 0 spiro atoms. The van der Waals surface area contributed by atoms with Gasteiger partial charge >= 0.3 is 11.9 Å². The van der Waals surface area contributed by atoms with E-state index in [1.165, 1.54) is 36.9 Å². The van der Waals surface area contributed by atoms with Gasteiger partial charge in [0.15, 0.2) is 10.3 Å². The third-order valence-corrected chi connectivity index (χ3v) is 6.45. The fraction of sp³-hybridized carbons (Fsp3) is 0.500. The van der Waals surface area contributed by atoms with E-state index in [1.807, 2.05) is 7.05 Å². The molecular weight excluding hydrogens is 376 g/mol. The molecule has 2 aromatic rings. The predicted molar refractivity (Wildman–Crippen MR) is 101 cm³/mol. The third-order valence-electron chi connectivity index (χ3n) is 4.34. The number of rotatable bonds is 5. The highest BCUT2D eigenvalue weighted by atomic mass is 32.1. The van der Waals surface area contributed by atoms with Gasteiger partial charge in [0.2, 0.25) is 0 Å². The first-order valence-corrected chi connectivity index (χ1v) is 9.73. The summed E-state index contributed by atoms with van der Waals surface area (Å²) in [6.07, 6.45) is 5.00. The molecule has 2 aromatic heterocycles. The SMILES string of the molecule is COC(=O)c1cnc(N2CCC(N(C)c3ncc(C(=O)OC)s3)CC2)s1. The Labute approximate surface area is 159 Å². The van der Waals surface area contributed by atoms with E-state index < -0.39 is 0 Å². The zero-order valence-corrected chi connectivity index (χ0v) is 16.4. The molecule has 10 heteroatoms. The Bertz CT molecular complexity index is 783. The van der Waals surface area contributed by atoms with Crippen molar-refractivity contribution in [3.8, 4) is 0 Å². The maximum atomic E-state index is 11.6. The highest BCUT2D eigenvalue weighted by Gasteiger charge is 2.26. The van der Waals surface area contributed by atoms with Crippen molar-refractivity contribution >= 4 is 44.9 Å². The summed E-state index contributed by atoms with van der Waals surface area (Å²) in [5.74, 6) is -0.712. The van der Waals surface area contributed by atoms with Crippen LogP contribution >= 0.6 is 22.7 Å². The quantitative estimate of drug-likeness (QED) is 0.712. The van der Waals surface area contributed by atoms with Gasteiger partial charge in [-0.3, -0.25) is 0 Å². The fourth-order valence-electron chi connectivity index (χ4n) is 2.83. The normalized spacial score (nSPS) is 15.0. The van der Waals surface area contributed by atoms with Crippen molar-refractivity contribution in [2.24, 2.45) is 0 Å². The predicted octanol–water partition coefficient (Wildman–Crippen LogP) is 2.28. The highest BCUT2D eigenvalue weighted by Crippen LogP contribution is 2.30. The molecule has 140 valence electrons. The number of carbonyl (C=O) groups is 2. The van der Waals surface area contributed by atoms with Crippen LogP contribution < -0.4 is 9.80 Å². The summed E-state index contributed by atoms with van der Waals surface area (Å²) in [5.41, 5.74) is 0. The number of hydrogen-bond acceptors (Lipinski definition) is 10. The van der Waals surface area contributed by atoms with Crippen molar-refractivity contribution in [2.75, 3.05) is 44.2 Å². The van der Waals surface area contributed by atoms with E-state index in [2.05, 4.69) is 19.8 Å². The second kappa shape index (κ2) is 8.00. The van der Waals surface area contributed by atoms with Gasteiger partial charge in [-0.05, 0) is 12.8 Å². The Morgan fingerprint density at radius 1 is 1.08 bits per heavy atom. The van der Waals surface area contributed by atoms with Gasteiger partial charge in [0, 0.05) is 26.2 Å². The minimum atomic E-state index is -0.359. The van der Waals surface area contributed by atoms with Gasteiger partial charge in [-0.25, -0.2) is 19.6 Å². The van der Waals surface area contributed by atoms with Crippen molar-refractivity contribution in [1.29, 1.82) is 0 Å². The molecule has 0 unspecified atom stereocenters. The fourth-order valence-corrected chi connectivity index (χ4v) is 4.58. The number of esters is 2. The first-order chi connectivity index (χ1) is 12.5. The van der Waals surface area contributed by atoms with Crippen LogP contribution in [0.5, 0.6) is 0 Å². The summed E-state index contributed by atoms with van der Waals surface area (Å²) >= 11 is 2.69. The number of carbonyl (C=O) groups excluding carboxylic acids is 2. The van der Waals surface area contributed by atoms with E-state index in [4.69, 9.17) is 9.47 Å². The summed E-state index contributed by atoms with van der Waals surface area (Å²) in [6.45, 7) is 1.69. The lowest BCUT2D eigenvalue weighted by atomic mass is 10.0. The molecular formula is C16H20N4O4S2. The van der Waals surface area contributed by atoms with Crippen molar-refractivity contribution in [3.05, 3.63) is 22.1 Å². The van der Waals surface area contributed by atoms with E-state index in [0.29, 0.717) is 15.8 Å². The summed E-state index contributed by atoms with van der Waals surface area (Å²) in [4.78, 5) is 37.1. The molecule has 1 fully saturated rings. The van der Waals surface area contributed by atoms with Crippen molar-refractivity contribution < 1.29 is 19.1 Å². The molecule has 0 radical (unpaired) electrons. The molecule has 3 heterocycles. The molecule has 0 aromatic carbocycles. The van der Waals surface area contributed by atoms with E-state index >= 15 is 0 Å². The Morgan fingerprint density at radius 2 is 1.65 bits per heavy atom. The monoisotopic (exact) mass is 396 g/mol. The second-order valence-electron chi connectivity index (χ2n) is 5.83. The molecule has 0 bridgehead atoms. The number of ether oxygens (including phenoxy) is 2. The standard InChI is InChI=1S/C16H20N4O4S2/c1-19(15-17-8-11(25-15)13(21)23-2)10-4-6-20(7-5-10)16-18-9-12(26-16)14(22)24-3/h8-10H,4-7H2,1-3H3. The minimum Gasteiger partial charge on any atom is -0.465 e. The molecule has 0 aliphatic carbocycles. The lowest BCUT2D eigenvalue weighted by Gasteiger charge is -2.36. The van der Waals surface area contributed by atoms with Crippen molar-refractivity contribution in [3.63, 3.8) is 0 Å². The Balaban J connectivity index is 1.59. The maximum Gasteiger partial charge on any atom is 0.349 e. The molecule has 0 atom stereocenters. The number of thiazole rings is 2. The van der Waals surface area contributed by atoms with Gasteiger partial charge in [-0.15, -0.1) is 0 Å². The summed E-state index contributed by atoms with van der Waals surface area (Å²) in [7, 11) is 4.73. The summed E-state index contributed by atoms with van der Waals surface area (Å²) < 4.78 is 9.46. The van der Waals surface area contributed by atoms with Crippen molar-refractivity contribution in [2.45, 2.75) is 18.9 Å². The lowest BCUT2D eigenvalue weighted by molar-refractivity contribution is 0.0597. The van der Waals surface area contributed by atoms with Gasteiger partial charge in [0.05, 0.1) is 26.6 Å². The van der Waals surface area contributed by atoms with Crippen LogP contribution in [0.1, 0.15) is 32.2 Å². The number of piperidine rings is 1. The lowest BCUT2D eigenvalue weighted by Crippen LogP contribution is -2.43. The van der Waals surface area contributed by atoms with Crippen molar-refractivity contribution in [1.82, 2.24) is 9.97 Å². The van der Waals surface area contributed by atoms with Crippen LogP contribution in [0.4, 0.5) is 10.3 Å². The van der Waals surface area contributed by atoms with Crippen LogP contribution in [0.25, 0.3) is 0 Å². The molecule has 1 saturated heterocycles. The van der Waals surface area contributed by atoms with E-state index in [9.17, 15) is 9.59 Å². The number of anilines is 2. The summed E-state index contributed by atoms with van der Waals surface area (Å²) in [6, 6.07) is 0.336. The molecule has 1 aliphatic rings. The van der Waals surface area contributed by atoms with E-state index in [-0.39, 0.29) is 11.9 Å². The molecule has 8 nitrogen and oxygen atoms in total. The van der Waals surface area contributed by atoms with Crippen LogP contribution in [0, 0.1) is 0 Å². The first-order valence-electron chi connectivity index (χ1n) is 8.09. The number of aromatic nitrogens is 2. The molecule has 0 N–H and O–H groups in total. The van der Waals surface area contributed by atoms with Gasteiger partial charge in [0.25, 0.3) is 0 Å². The topological polar surface area (TPSA) is 84.9 Å². The smallest absolute Gasteiger partial charge is 0.349 e. The number of methoxy groups -OCH3 is 2. The Kier molecular flexibility index (Phi) is 5.72. The van der Waals surface area contributed by atoms with Gasteiger partial charge in [-0.2, -0.15) is 0 Å².